The Kier molecular flexibility index (Phi) is 4.40. The van der Waals surface area contributed by atoms with Gasteiger partial charge < -0.3 is 9.64 Å². The van der Waals surface area contributed by atoms with E-state index < -0.39 is 0 Å². The van der Waals surface area contributed by atoms with E-state index in [1.807, 2.05) is 21.0 Å². The van der Waals surface area contributed by atoms with Crippen LogP contribution >= 0.6 is 0 Å². The molecule has 0 aromatic rings. The Hall–Kier alpha value is -1.25. The van der Waals surface area contributed by atoms with Crippen molar-refractivity contribution in [2.45, 2.75) is 26.2 Å². The minimum Gasteiger partial charge on any atom is -0.463 e. The SMILES string of the molecule is CCOC(=O)/C=C1/C=C(N(C)C)CCC1. The second-order valence-corrected chi connectivity index (χ2v) is 3.85. The van der Waals surface area contributed by atoms with Gasteiger partial charge in [0.2, 0.25) is 0 Å². The lowest BCUT2D eigenvalue weighted by Crippen LogP contribution is -2.14. The van der Waals surface area contributed by atoms with Crippen molar-refractivity contribution in [3.05, 3.63) is 23.4 Å². The van der Waals surface area contributed by atoms with Crippen LogP contribution in [0.25, 0.3) is 0 Å². The van der Waals surface area contributed by atoms with Gasteiger partial charge in [0.15, 0.2) is 0 Å². The van der Waals surface area contributed by atoms with Gasteiger partial charge in [-0.3, -0.25) is 0 Å². The molecule has 0 spiro atoms. The van der Waals surface area contributed by atoms with Crippen LogP contribution < -0.4 is 0 Å². The van der Waals surface area contributed by atoms with Gasteiger partial charge in [-0.05, 0) is 37.8 Å². The van der Waals surface area contributed by atoms with Gasteiger partial charge in [-0.15, -0.1) is 0 Å². The molecule has 84 valence electrons. The first-order valence-electron chi connectivity index (χ1n) is 5.38. The second kappa shape index (κ2) is 5.59. The molecule has 0 saturated heterocycles. The third kappa shape index (κ3) is 3.78. The summed E-state index contributed by atoms with van der Waals surface area (Å²) in [5, 5.41) is 0. The van der Waals surface area contributed by atoms with E-state index in [9.17, 15) is 4.79 Å². The predicted molar refractivity (Wildman–Crippen MR) is 60.3 cm³/mol. The van der Waals surface area contributed by atoms with Crippen LogP contribution in [0.5, 0.6) is 0 Å². The van der Waals surface area contributed by atoms with E-state index in [4.69, 9.17) is 4.74 Å². The van der Waals surface area contributed by atoms with E-state index >= 15 is 0 Å². The Balaban J connectivity index is 2.70. The maximum Gasteiger partial charge on any atom is 0.331 e. The number of nitrogens with zero attached hydrogens (tertiary/aromatic N) is 1. The zero-order valence-corrected chi connectivity index (χ0v) is 9.75. The molecule has 0 unspecified atom stereocenters. The first-order valence-corrected chi connectivity index (χ1v) is 5.38. The normalized spacial score (nSPS) is 18.6. The average Bonchev–Trinajstić information content (AvgIpc) is 2.18. The summed E-state index contributed by atoms with van der Waals surface area (Å²) in [5.41, 5.74) is 2.35. The number of hydrogen-bond acceptors (Lipinski definition) is 3. The van der Waals surface area contributed by atoms with Crippen molar-refractivity contribution >= 4 is 5.97 Å². The zero-order valence-electron chi connectivity index (χ0n) is 9.75. The van der Waals surface area contributed by atoms with Crippen molar-refractivity contribution in [3.63, 3.8) is 0 Å². The lowest BCUT2D eigenvalue weighted by Gasteiger charge is -2.21. The van der Waals surface area contributed by atoms with Gasteiger partial charge in [-0.1, -0.05) is 0 Å². The van der Waals surface area contributed by atoms with Crippen LogP contribution in [0.15, 0.2) is 23.4 Å². The van der Waals surface area contributed by atoms with Crippen LogP contribution in [0, 0.1) is 0 Å². The number of hydrogen-bond donors (Lipinski definition) is 0. The van der Waals surface area contributed by atoms with Gasteiger partial charge in [-0.25, -0.2) is 4.79 Å². The summed E-state index contributed by atoms with van der Waals surface area (Å²) in [5.74, 6) is -0.233. The zero-order chi connectivity index (χ0) is 11.3. The molecule has 0 aromatic heterocycles. The van der Waals surface area contributed by atoms with Crippen LogP contribution in [0.4, 0.5) is 0 Å². The van der Waals surface area contributed by atoms with Crippen LogP contribution in [0.1, 0.15) is 26.2 Å². The molecule has 1 aliphatic carbocycles. The Morgan fingerprint density at radius 3 is 2.87 bits per heavy atom. The third-order valence-electron chi connectivity index (χ3n) is 2.41. The molecular formula is C12H19NO2. The monoisotopic (exact) mass is 209 g/mol. The number of carbonyl (C=O) groups is 1. The molecule has 0 N–H and O–H groups in total. The van der Waals surface area contributed by atoms with Gasteiger partial charge in [0.1, 0.15) is 0 Å². The largest absolute Gasteiger partial charge is 0.463 e. The maximum absolute atomic E-state index is 11.2. The topological polar surface area (TPSA) is 29.5 Å². The highest BCUT2D eigenvalue weighted by molar-refractivity contribution is 5.83. The third-order valence-corrected chi connectivity index (χ3v) is 2.41. The van der Waals surface area contributed by atoms with E-state index in [1.54, 1.807) is 6.08 Å². The highest BCUT2D eigenvalue weighted by atomic mass is 16.5. The standard InChI is InChI=1S/C12H19NO2/c1-4-15-12(14)9-10-6-5-7-11(8-10)13(2)3/h8-9H,4-7H2,1-3H3/b10-9+. The molecule has 0 aromatic carbocycles. The molecule has 1 rings (SSSR count). The van der Waals surface area contributed by atoms with Crippen LogP contribution in [0.2, 0.25) is 0 Å². The van der Waals surface area contributed by atoms with E-state index in [0.717, 1.165) is 24.8 Å². The molecule has 0 aliphatic heterocycles. The highest BCUT2D eigenvalue weighted by Gasteiger charge is 2.10. The Morgan fingerprint density at radius 1 is 1.53 bits per heavy atom. The van der Waals surface area contributed by atoms with E-state index in [0.29, 0.717) is 6.61 Å². The minimum atomic E-state index is -0.233. The molecule has 0 radical (unpaired) electrons. The quantitative estimate of drug-likeness (QED) is 0.526. The smallest absolute Gasteiger partial charge is 0.331 e. The predicted octanol–water partition coefficient (Wildman–Crippen LogP) is 2.11. The minimum absolute atomic E-state index is 0.233. The van der Waals surface area contributed by atoms with Crippen molar-refractivity contribution in [2.24, 2.45) is 0 Å². The molecular weight excluding hydrogens is 190 g/mol. The molecule has 3 heteroatoms. The van der Waals surface area contributed by atoms with E-state index in [-0.39, 0.29) is 5.97 Å². The molecule has 0 fully saturated rings. The first kappa shape index (κ1) is 11.8. The maximum atomic E-state index is 11.2. The Morgan fingerprint density at radius 2 is 2.27 bits per heavy atom. The fourth-order valence-corrected chi connectivity index (χ4v) is 1.63. The van der Waals surface area contributed by atoms with Crippen molar-refractivity contribution in [3.8, 4) is 0 Å². The number of rotatable bonds is 3. The first-order chi connectivity index (χ1) is 7.13. The molecule has 0 heterocycles. The van der Waals surface area contributed by atoms with Gasteiger partial charge in [0.05, 0.1) is 6.61 Å². The molecule has 0 saturated carbocycles. The number of carbonyl (C=O) groups excluding carboxylic acids is 1. The van der Waals surface area contributed by atoms with Crippen molar-refractivity contribution in [2.75, 3.05) is 20.7 Å². The number of esters is 1. The summed E-state index contributed by atoms with van der Waals surface area (Å²) < 4.78 is 4.88. The number of ether oxygens (including phenoxy) is 1. The second-order valence-electron chi connectivity index (χ2n) is 3.85. The summed E-state index contributed by atoms with van der Waals surface area (Å²) in [7, 11) is 4.05. The molecule has 3 nitrogen and oxygen atoms in total. The molecule has 1 aliphatic rings. The summed E-state index contributed by atoms with van der Waals surface area (Å²) >= 11 is 0. The fraction of sp³-hybridized carbons (Fsp3) is 0.583. The van der Waals surface area contributed by atoms with Crippen LogP contribution in [-0.2, 0) is 9.53 Å². The van der Waals surface area contributed by atoms with E-state index in [2.05, 4.69) is 11.0 Å². The van der Waals surface area contributed by atoms with Crippen molar-refractivity contribution in [1.82, 2.24) is 4.90 Å². The lowest BCUT2D eigenvalue weighted by atomic mass is 9.98. The molecule has 0 amide bonds. The van der Waals surface area contributed by atoms with Gasteiger partial charge >= 0.3 is 5.97 Å². The Bertz CT molecular complexity index is 290. The molecule has 0 bridgehead atoms. The number of allylic oxidation sites excluding steroid dienone is 3. The fourth-order valence-electron chi connectivity index (χ4n) is 1.63. The van der Waals surface area contributed by atoms with Gasteiger partial charge in [0.25, 0.3) is 0 Å². The summed E-state index contributed by atoms with van der Waals surface area (Å²) in [4.78, 5) is 13.3. The summed E-state index contributed by atoms with van der Waals surface area (Å²) in [6, 6.07) is 0. The average molecular weight is 209 g/mol. The van der Waals surface area contributed by atoms with Crippen molar-refractivity contribution < 1.29 is 9.53 Å². The molecule has 15 heavy (non-hydrogen) atoms. The lowest BCUT2D eigenvalue weighted by molar-refractivity contribution is -0.137. The van der Waals surface area contributed by atoms with Crippen LogP contribution in [-0.4, -0.2) is 31.6 Å². The summed E-state index contributed by atoms with van der Waals surface area (Å²) in [6.07, 6.45) is 6.85. The molecule has 0 atom stereocenters. The Labute approximate surface area is 91.4 Å². The van der Waals surface area contributed by atoms with E-state index in [1.165, 1.54) is 5.70 Å². The highest BCUT2D eigenvalue weighted by Crippen LogP contribution is 2.23. The van der Waals surface area contributed by atoms with Gasteiger partial charge in [-0.2, -0.15) is 0 Å². The van der Waals surface area contributed by atoms with Gasteiger partial charge in [0, 0.05) is 25.9 Å². The van der Waals surface area contributed by atoms with Crippen LogP contribution in [0.3, 0.4) is 0 Å². The summed E-state index contributed by atoms with van der Waals surface area (Å²) in [6.45, 7) is 2.26. The van der Waals surface area contributed by atoms with Crippen molar-refractivity contribution in [1.29, 1.82) is 0 Å².